The topological polar surface area (TPSA) is 120 Å². The van der Waals surface area contributed by atoms with Crippen LogP contribution >= 0.6 is 11.3 Å². The average molecular weight is 433 g/mol. The number of thiazole rings is 1. The molecule has 1 aliphatic rings. The number of rotatable bonds is 6. The summed E-state index contributed by atoms with van der Waals surface area (Å²) in [5, 5.41) is 17.9. The first kappa shape index (κ1) is 20.4. The van der Waals surface area contributed by atoms with Gasteiger partial charge in [0, 0.05) is 49.9 Å². The smallest absolute Gasteiger partial charge is 0.269 e. The van der Waals surface area contributed by atoms with Crippen LogP contribution in [0.3, 0.4) is 0 Å². The van der Waals surface area contributed by atoms with Crippen molar-refractivity contribution in [2.24, 2.45) is 0 Å². The van der Waals surface area contributed by atoms with E-state index in [0.29, 0.717) is 6.54 Å². The van der Waals surface area contributed by atoms with E-state index in [9.17, 15) is 10.1 Å². The molecule has 2 N–H and O–H groups in total. The summed E-state index contributed by atoms with van der Waals surface area (Å²) in [6.45, 7) is 1.43. The van der Waals surface area contributed by atoms with Gasteiger partial charge < -0.3 is 15.5 Å². The summed E-state index contributed by atoms with van der Waals surface area (Å²) in [4.78, 5) is 30.9. The lowest BCUT2D eigenvalue weighted by Gasteiger charge is -2.29. The van der Waals surface area contributed by atoms with E-state index in [1.165, 1.54) is 24.0 Å². The highest BCUT2D eigenvalue weighted by molar-refractivity contribution is 7.13. The fraction of sp³-hybridized carbons (Fsp3) is 0.238. The number of hydrogen-bond acceptors (Lipinski definition) is 9. The third-order valence-electron chi connectivity index (χ3n) is 4.88. The number of pyridine rings is 1. The minimum absolute atomic E-state index is 0.238. The second kappa shape index (κ2) is 9.32. The lowest BCUT2D eigenvalue weighted by Crippen LogP contribution is -2.30. The van der Waals surface area contributed by atoms with Gasteiger partial charge in [-0.15, -0.1) is 11.3 Å². The molecular weight excluding hydrogens is 412 g/mol. The number of carbonyl (C=O) groups is 1. The standard InChI is InChI=1S/C21H20N8OS/c1-23-20(30)16-2-3-18(17(12-22)27-16)29-7-4-14(5-8-29)10-15-11-19(26-13-25-15)28-21-24-6-9-31-21/h2-4,6,9,11,13H,5,7-8,10H2,1H3,(H,23,30)(H,24,25,26,28). The third-order valence-corrected chi connectivity index (χ3v) is 5.57. The summed E-state index contributed by atoms with van der Waals surface area (Å²) in [5.41, 5.74) is 3.45. The quantitative estimate of drug-likeness (QED) is 0.571. The summed E-state index contributed by atoms with van der Waals surface area (Å²) in [5.74, 6) is 0.413. The Kier molecular flexibility index (Phi) is 6.14. The number of anilines is 3. The third kappa shape index (κ3) is 4.84. The maximum Gasteiger partial charge on any atom is 0.269 e. The Morgan fingerprint density at radius 3 is 2.94 bits per heavy atom. The fourth-order valence-corrected chi connectivity index (χ4v) is 3.86. The van der Waals surface area contributed by atoms with Gasteiger partial charge in [0.1, 0.15) is 23.9 Å². The highest BCUT2D eigenvalue weighted by atomic mass is 32.1. The molecule has 3 aromatic heterocycles. The van der Waals surface area contributed by atoms with Crippen molar-refractivity contribution in [3.8, 4) is 6.07 Å². The van der Waals surface area contributed by atoms with Crippen molar-refractivity contribution in [3.63, 3.8) is 0 Å². The van der Waals surface area contributed by atoms with Gasteiger partial charge in [0.2, 0.25) is 0 Å². The number of hydrogen-bond donors (Lipinski definition) is 2. The largest absolute Gasteiger partial charge is 0.365 e. The second-order valence-corrected chi connectivity index (χ2v) is 7.74. The number of nitrogens with zero attached hydrogens (tertiary/aromatic N) is 6. The molecule has 0 atom stereocenters. The van der Waals surface area contributed by atoms with Gasteiger partial charge in [0.15, 0.2) is 10.8 Å². The van der Waals surface area contributed by atoms with Gasteiger partial charge in [-0.1, -0.05) is 11.6 Å². The minimum atomic E-state index is -0.308. The van der Waals surface area contributed by atoms with E-state index < -0.39 is 0 Å². The van der Waals surface area contributed by atoms with Crippen molar-refractivity contribution in [1.29, 1.82) is 5.26 Å². The highest BCUT2D eigenvalue weighted by Crippen LogP contribution is 2.25. The van der Waals surface area contributed by atoms with Gasteiger partial charge in [-0.05, 0) is 18.6 Å². The van der Waals surface area contributed by atoms with E-state index in [2.05, 4.69) is 47.6 Å². The van der Waals surface area contributed by atoms with Crippen molar-refractivity contribution in [2.45, 2.75) is 12.8 Å². The van der Waals surface area contributed by atoms with E-state index in [0.717, 1.165) is 41.7 Å². The fourth-order valence-electron chi connectivity index (χ4n) is 3.32. The number of amides is 1. The number of nitrogens with one attached hydrogen (secondary N) is 2. The lowest BCUT2D eigenvalue weighted by atomic mass is 10.0. The van der Waals surface area contributed by atoms with Crippen LogP contribution in [0.4, 0.5) is 16.6 Å². The summed E-state index contributed by atoms with van der Waals surface area (Å²) in [6, 6.07) is 7.47. The first-order chi connectivity index (χ1) is 15.2. The predicted molar refractivity (Wildman–Crippen MR) is 118 cm³/mol. The van der Waals surface area contributed by atoms with Crippen LogP contribution in [0.1, 0.15) is 28.3 Å². The summed E-state index contributed by atoms with van der Waals surface area (Å²) >= 11 is 1.51. The number of carbonyl (C=O) groups excluding carboxylic acids is 1. The van der Waals surface area contributed by atoms with E-state index in [1.807, 2.05) is 11.4 Å². The Balaban J connectivity index is 1.43. The van der Waals surface area contributed by atoms with Gasteiger partial charge in [0.05, 0.1) is 5.69 Å². The molecule has 31 heavy (non-hydrogen) atoms. The van der Waals surface area contributed by atoms with Crippen molar-refractivity contribution in [1.82, 2.24) is 25.3 Å². The molecule has 1 aliphatic heterocycles. The molecule has 0 unspecified atom stereocenters. The van der Waals surface area contributed by atoms with Gasteiger partial charge in [-0.25, -0.2) is 19.9 Å². The molecule has 10 heteroatoms. The maximum atomic E-state index is 11.8. The molecule has 0 bridgehead atoms. The first-order valence-corrected chi connectivity index (χ1v) is 10.6. The molecule has 156 valence electrons. The first-order valence-electron chi connectivity index (χ1n) is 9.70. The monoisotopic (exact) mass is 432 g/mol. The predicted octanol–water partition coefficient (Wildman–Crippen LogP) is 2.68. The highest BCUT2D eigenvalue weighted by Gasteiger charge is 2.18. The summed E-state index contributed by atoms with van der Waals surface area (Å²) < 4.78 is 0. The van der Waals surface area contributed by atoms with Gasteiger partial charge in [0.25, 0.3) is 5.91 Å². The zero-order chi connectivity index (χ0) is 21.6. The SMILES string of the molecule is CNC(=O)c1ccc(N2CC=C(Cc3cc(Nc4nccs4)ncn3)CC2)c(C#N)n1. The zero-order valence-corrected chi connectivity index (χ0v) is 17.7. The Hall–Kier alpha value is -3.84. The molecule has 0 fully saturated rings. The molecule has 1 amide bonds. The van der Waals surface area contributed by atoms with Crippen LogP contribution in [0.15, 0.2) is 47.8 Å². The van der Waals surface area contributed by atoms with Crippen molar-refractivity contribution in [3.05, 3.63) is 64.8 Å². The molecule has 0 spiro atoms. The van der Waals surface area contributed by atoms with Crippen LogP contribution in [0.2, 0.25) is 0 Å². The molecule has 3 aromatic rings. The second-order valence-electron chi connectivity index (χ2n) is 6.85. The Labute approximate surface area is 183 Å². The Bertz CT molecular complexity index is 1150. The van der Waals surface area contributed by atoms with E-state index in [-0.39, 0.29) is 17.3 Å². The van der Waals surface area contributed by atoms with Crippen LogP contribution in [-0.2, 0) is 6.42 Å². The normalized spacial score (nSPS) is 13.3. The van der Waals surface area contributed by atoms with Gasteiger partial charge in [-0.2, -0.15) is 5.26 Å². The lowest BCUT2D eigenvalue weighted by molar-refractivity contribution is 0.0958. The van der Waals surface area contributed by atoms with Crippen molar-refractivity contribution < 1.29 is 4.79 Å². The van der Waals surface area contributed by atoms with Crippen LogP contribution < -0.4 is 15.5 Å². The van der Waals surface area contributed by atoms with E-state index >= 15 is 0 Å². The maximum absolute atomic E-state index is 11.8. The molecule has 0 radical (unpaired) electrons. The van der Waals surface area contributed by atoms with Crippen molar-refractivity contribution in [2.75, 3.05) is 30.4 Å². The molecule has 4 heterocycles. The van der Waals surface area contributed by atoms with Crippen LogP contribution in [-0.4, -0.2) is 46.0 Å². The molecule has 0 aliphatic carbocycles. The summed E-state index contributed by atoms with van der Waals surface area (Å²) in [6.07, 6.45) is 7.05. The van der Waals surface area contributed by atoms with Gasteiger partial charge >= 0.3 is 0 Å². The minimum Gasteiger partial charge on any atom is -0.365 e. The Morgan fingerprint density at radius 2 is 2.23 bits per heavy atom. The Morgan fingerprint density at radius 1 is 1.32 bits per heavy atom. The average Bonchev–Trinajstić information content (AvgIpc) is 3.32. The van der Waals surface area contributed by atoms with E-state index in [1.54, 1.807) is 24.7 Å². The van der Waals surface area contributed by atoms with Crippen LogP contribution in [0, 0.1) is 11.3 Å². The number of nitriles is 1. The van der Waals surface area contributed by atoms with Crippen molar-refractivity contribution >= 4 is 33.9 Å². The van der Waals surface area contributed by atoms with Gasteiger partial charge in [-0.3, -0.25) is 4.79 Å². The summed E-state index contributed by atoms with van der Waals surface area (Å²) in [7, 11) is 1.54. The van der Waals surface area contributed by atoms with E-state index in [4.69, 9.17) is 0 Å². The molecule has 4 rings (SSSR count). The number of aromatic nitrogens is 4. The molecule has 9 nitrogen and oxygen atoms in total. The van der Waals surface area contributed by atoms with Crippen LogP contribution in [0.5, 0.6) is 0 Å². The molecule has 0 aromatic carbocycles. The molecular formula is C21H20N8OS. The zero-order valence-electron chi connectivity index (χ0n) is 16.9. The van der Waals surface area contributed by atoms with Crippen LogP contribution in [0.25, 0.3) is 0 Å². The molecule has 0 saturated heterocycles. The molecule has 0 saturated carbocycles.